The van der Waals surface area contributed by atoms with Crippen LogP contribution in [0.25, 0.3) is 0 Å². The molecule has 1 aromatic rings. The molecule has 0 spiro atoms. The molecule has 0 atom stereocenters. The molecule has 0 unspecified atom stereocenters. The van der Waals surface area contributed by atoms with Crippen LogP contribution in [0.1, 0.15) is 0 Å². The van der Waals surface area contributed by atoms with E-state index in [-0.39, 0.29) is 0 Å². The van der Waals surface area contributed by atoms with E-state index in [1.807, 2.05) is 0 Å². The summed E-state index contributed by atoms with van der Waals surface area (Å²) in [7, 11) is -4.59. The van der Waals surface area contributed by atoms with Crippen LogP contribution in [0.2, 0.25) is 0 Å². The number of primary sulfonamides is 1. The van der Waals surface area contributed by atoms with Crippen molar-refractivity contribution in [1.29, 1.82) is 0 Å². The van der Waals surface area contributed by atoms with E-state index in [1.54, 1.807) is 0 Å². The number of hydrogen-bond acceptors (Lipinski definition) is 5. The minimum absolute atomic E-state index is 0.662. The van der Waals surface area contributed by atoms with E-state index < -0.39 is 37.6 Å². The van der Waals surface area contributed by atoms with Gasteiger partial charge in [0.15, 0.2) is 0 Å². The number of nitro benzene ring substituents is 1. The van der Waals surface area contributed by atoms with Gasteiger partial charge in [0.1, 0.15) is 4.90 Å². The third kappa shape index (κ3) is 3.30. The third-order valence-corrected chi connectivity index (χ3v) is 2.61. The highest BCUT2D eigenvalue weighted by Gasteiger charge is 2.37. The molecule has 0 bridgehead atoms. The molecule has 2 N–H and O–H groups in total. The molecule has 0 fully saturated rings. The summed E-state index contributed by atoms with van der Waals surface area (Å²) in [5.41, 5.74) is -1.15. The molecule has 0 amide bonds. The molecule has 100 valence electrons. The largest absolute Gasteiger partial charge is 0.573 e. The topological polar surface area (TPSA) is 113 Å². The van der Waals surface area contributed by atoms with Crippen LogP contribution in [0.15, 0.2) is 23.1 Å². The Bertz CT molecular complexity index is 583. The van der Waals surface area contributed by atoms with Crippen LogP contribution in [-0.2, 0) is 10.0 Å². The molecular formula is C7H5F3N2O5S. The van der Waals surface area contributed by atoms with Gasteiger partial charge in [-0.05, 0) is 6.07 Å². The lowest BCUT2D eigenvalue weighted by molar-refractivity contribution is -0.389. The van der Waals surface area contributed by atoms with E-state index in [2.05, 4.69) is 9.88 Å². The van der Waals surface area contributed by atoms with E-state index in [4.69, 9.17) is 0 Å². The molecule has 0 saturated carbocycles. The fourth-order valence-electron chi connectivity index (χ4n) is 1.09. The van der Waals surface area contributed by atoms with Gasteiger partial charge in [-0.3, -0.25) is 10.1 Å². The first kappa shape index (κ1) is 14.2. The lowest BCUT2D eigenvalue weighted by Gasteiger charge is -2.11. The molecule has 18 heavy (non-hydrogen) atoms. The van der Waals surface area contributed by atoms with E-state index in [0.717, 1.165) is 6.07 Å². The molecule has 1 aromatic carbocycles. The number of alkyl halides is 3. The summed E-state index contributed by atoms with van der Waals surface area (Å²) >= 11 is 0. The first-order valence-corrected chi connectivity index (χ1v) is 5.63. The number of rotatable bonds is 3. The Hall–Kier alpha value is -1.88. The second kappa shape index (κ2) is 4.42. The lowest BCUT2D eigenvalue weighted by Crippen LogP contribution is -2.21. The number of halogens is 3. The van der Waals surface area contributed by atoms with Gasteiger partial charge in [-0.25, -0.2) is 13.6 Å². The Morgan fingerprint density at radius 2 is 1.89 bits per heavy atom. The molecule has 0 aliphatic carbocycles. The molecule has 0 aromatic heterocycles. The van der Waals surface area contributed by atoms with Gasteiger partial charge in [0, 0.05) is 6.07 Å². The number of nitrogens with two attached hydrogens (primary N) is 1. The Kier molecular flexibility index (Phi) is 3.48. The van der Waals surface area contributed by atoms with Crippen molar-refractivity contribution in [3.63, 3.8) is 0 Å². The number of para-hydroxylation sites is 1. The van der Waals surface area contributed by atoms with Crippen LogP contribution in [0.5, 0.6) is 5.75 Å². The quantitative estimate of drug-likeness (QED) is 0.661. The average Bonchev–Trinajstić information content (AvgIpc) is 2.13. The van der Waals surface area contributed by atoms with Crippen LogP contribution >= 0.6 is 0 Å². The fourth-order valence-corrected chi connectivity index (χ4v) is 1.76. The summed E-state index contributed by atoms with van der Waals surface area (Å²) in [6, 6.07) is 2.21. The number of hydrogen-bond donors (Lipinski definition) is 1. The standard InChI is InChI=1S/C7H5F3N2O5S/c8-7(9,10)17-6-4(12(13)14)2-1-3-5(6)18(11,15)16/h1-3H,(H2,11,15,16). The SMILES string of the molecule is NS(=O)(=O)c1cccc([N+](=O)[O-])c1OC(F)(F)F. The number of nitro groups is 1. The predicted molar refractivity (Wildman–Crippen MR) is 51.2 cm³/mol. The van der Waals surface area contributed by atoms with Gasteiger partial charge in [-0.2, -0.15) is 0 Å². The number of benzene rings is 1. The second-order valence-corrected chi connectivity index (χ2v) is 4.48. The van der Waals surface area contributed by atoms with E-state index in [0.29, 0.717) is 12.1 Å². The van der Waals surface area contributed by atoms with E-state index in [1.165, 1.54) is 0 Å². The van der Waals surface area contributed by atoms with Gasteiger partial charge in [0.25, 0.3) is 0 Å². The molecule has 1 rings (SSSR count). The second-order valence-electron chi connectivity index (χ2n) is 2.95. The monoisotopic (exact) mass is 286 g/mol. The van der Waals surface area contributed by atoms with Crippen molar-refractivity contribution in [1.82, 2.24) is 0 Å². The van der Waals surface area contributed by atoms with Crippen LogP contribution < -0.4 is 9.88 Å². The Morgan fingerprint density at radius 1 is 1.33 bits per heavy atom. The fraction of sp³-hybridized carbons (Fsp3) is 0.143. The van der Waals surface area contributed by atoms with Crippen molar-refractivity contribution in [3.8, 4) is 5.75 Å². The van der Waals surface area contributed by atoms with Crippen molar-refractivity contribution in [2.24, 2.45) is 5.14 Å². The summed E-state index contributed by atoms with van der Waals surface area (Å²) in [6.45, 7) is 0. The van der Waals surface area contributed by atoms with Crippen molar-refractivity contribution in [3.05, 3.63) is 28.3 Å². The minimum atomic E-state index is -5.29. The van der Waals surface area contributed by atoms with E-state index >= 15 is 0 Å². The predicted octanol–water partition coefficient (Wildman–Crippen LogP) is 1.14. The average molecular weight is 286 g/mol. The zero-order valence-corrected chi connectivity index (χ0v) is 9.16. The summed E-state index contributed by atoms with van der Waals surface area (Å²) in [6.07, 6.45) is -5.29. The number of ether oxygens (including phenoxy) is 1. The Morgan fingerprint density at radius 3 is 2.28 bits per heavy atom. The van der Waals surface area contributed by atoms with Gasteiger partial charge in [-0.1, -0.05) is 6.07 Å². The smallest absolute Gasteiger partial charge is 0.397 e. The zero-order valence-electron chi connectivity index (χ0n) is 8.34. The Balaban J connectivity index is 3.55. The summed E-state index contributed by atoms with van der Waals surface area (Å²) in [5, 5.41) is 15.2. The van der Waals surface area contributed by atoms with Crippen LogP contribution in [0.4, 0.5) is 18.9 Å². The molecular weight excluding hydrogens is 281 g/mol. The molecule has 0 aliphatic heterocycles. The van der Waals surface area contributed by atoms with Gasteiger partial charge in [-0.15, -0.1) is 13.2 Å². The molecule has 0 heterocycles. The highest BCUT2D eigenvalue weighted by atomic mass is 32.2. The van der Waals surface area contributed by atoms with Crippen molar-refractivity contribution in [2.75, 3.05) is 0 Å². The van der Waals surface area contributed by atoms with Crippen LogP contribution in [-0.4, -0.2) is 19.7 Å². The normalized spacial score (nSPS) is 12.2. The van der Waals surface area contributed by atoms with Crippen molar-refractivity contribution >= 4 is 15.7 Å². The van der Waals surface area contributed by atoms with Crippen molar-refractivity contribution in [2.45, 2.75) is 11.3 Å². The maximum Gasteiger partial charge on any atom is 0.573 e. The molecule has 0 aliphatic rings. The lowest BCUT2D eigenvalue weighted by atomic mass is 10.3. The molecule has 7 nitrogen and oxygen atoms in total. The molecule has 11 heteroatoms. The zero-order chi connectivity index (χ0) is 14.1. The summed E-state index contributed by atoms with van der Waals surface area (Å²) in [5.74, 6) is -1.46. The number of sulfonamides is 1. The van der Waals surface area contributed by atoms with Crippen LogP contribution in [0, 0.1) is 10.1 Å². The first-order chi connectivity index (χ1) is 8.02. The first-order valence-electron chi connectivity index (χ1n) is 4.08. The molecule has 0 saturated heterocycles. The third-order valence-electron chi connectivity index (χ3n) is 1.68. The van der Waals surface area contributed by atoms with Crippen molar-refractivity contribution < 1.29 is 31.2 Å². The van der Waals surface area contributed by atoms with Gasteiger partial charge >= 0.3 is 12.0 Å². The van der Waals surface area contributed by atoms with Gasteiger partial charge in [0.2, 0.25) is 15.8 Å². The summed E-state index contributed by atoms with van der Waals surface area (Å²) < 4.78 is 61.6. The number of nitrogens with zero attached hydrogens (tertiary/aromatic N) is 1. The van der Waals surface area contributed by atoms with Crippen LogP contribution in [0.3, 0.4) is 0 Å². The highest BCUT2D eigenvalue weighted by Crippen LogP contribution is 2.37. The maximum atomic E-state index is 12.1. The van der Waals surface area contributed by atoms with E-state index in [9.17, 15) is 31.7 Å². The minimum Gasteiger partial charge on any atom is -0.397 e. The van der Waals surface area contributed by atoms with Gasteiger partial charge < -0.3 is 4.74 Å². The Labute approximate surface area is 98.2 Å². The maximum absolute atomic E-state index is 12.1. The highest BCUT2D eigenvalue weighted by molar-refractivity contribution is 7.89. The van der Waals surface area contributed by atoms with Gasteiger partial charge in [0.05, 0.1) is 4.92 Å². The summed E-state index contributed by atoms with van der Waals surface area (Å²) in [4.78, 5) is 8.18. The molecule has 0 radical (unpaired) electrons.